The molecule has 0 fully saturated rings. The number of anilines is 2. The molecule has 0 N–H and O–H groups in total. The van der Waals surface area contributed by atoms with E-state index in [1.165, 1.54) is 18.4 Å². The van der Waals surface area contributed by atoms with Crippen LogP contribution in [0.25, 0.3) is 11.0 Å². The average Bonchev–Trinajstić information content (AvgIpc) is 2.66. The third-order valence-electron chi connectivity index (χ3n) is 4.60. The number of rotatable bonds is 2. The molecule has 0 aliphatic carbocycles. The van der Waals surface area contributed by atoms with Crippen LogP contribution in [0.5, 0.6) is 0 Å². The monoisotopic (exact) mass is 333 g/mol. The van der Waals surface area contributed by atoms with Gasteiger partial charge in [0, 0.05) is 12.2 Å². The van der Waals surface area contributed by atoms with Gasteiger partial charge in [0.05, 0.1) is 29.4 Å². The lowest BCUT2D eigenvalue weighted by Crippen LogP contribution is -2.26. The fourth-order valence-electron chi connectivity index (χ4n) is 3.39. The number of benzene rings is 2. The molecule has 4 rings (SSSR count). The first kappa shape index (κ1) is 15.6. The summed E-state index contributed by atoms with van der Waals surface area (Å²) in [7, 11) is 1.38. The molecule has 2 aromatic carbocycles. The minimum Gasteiger partial charge on any atom is -0.465 e. The third-order valence-corrected chi connectivity index (χ3v) is 4.60. The average molecular weight is 333 g/mol. The molecule has 0 saturated carbocycles. The maximum absolute atomic E-state index is 11.8. The molecule has 0 saturated heterocycles. The highest BCUT2D eigenvalue weighted by atomic mass is 16.5. The van der Waals surface area contributed by atoms with E-state index in [9.17, 15) is 4.79 Å². The quantitative estimate of drug-likeness (QED) is 0.668. The fourth-order valence-corrected chi connectivity index (χ4v) is 3.39. The summed E-state index contributed by atoms with van der Waals surface area (Å²) < 4.78 is 4.80. The number of nitrogens with zero attached hydrogens (tertiary/aromatic N) is 3. The van der Waals surface area contributed by atoms with Crippen LogP contribution in [-0.4, -0.2) is 29.6 Å². The molecular formula is C20H19N3O2. The maximum atomic E-state index is 11.8. The van der Waals surface area contributed by atoms with Crippen LogP contribution in [0.2, 0.25) is 0 Å². The molecule has 0 spiro atoms. The highest BCUT2D eigenvalue weighted by Gasteiger charge is 2.21. The van der Waals surface area contributed by atoms with Crippen molar-refractivity contribution in [1.82, 2.24) is 9.97 Å². The zero-order chi connectivity index (χ0) is 17.4. The molecule has 25 heavy (non-hydrogen) atoms. The van der Waals surface area contributed by atoms with Crippen LogP contribution < -0.4 is 4.90 Å². The lowest BCUT2D eigenvalue weighted by Gasteiger charge is -2.31. The number of para-hydroxylation sites is 1. The highest BCUT2D eigenvalue weighted by molar-refractivity contribution is 5.93. The number of hydrogen-bond acceptors (Lipinski definition) is 5. The van der Waals surface area contributed by atoms with Crippen LogP contribution in [0.4, 0.5) is 11.5 Å². The van der Waals surface area contributed by atoms with E-state index in [2.05, 4.69) is 29.2 Å². The SMILES string of the molecule is COC(=O)c1ccc2nc(C)c(N3CCCc4ccccc43)nc2c1. The molecule has 1 aliphatic heterocycles. The molecule has 0 bridgehead atoms. The number of aromatic nitrogens is 2. The van der Waals surface area contributed by atoms with Crippen LogP contribution in [0.15, 0.2) is 42.5 Å². The van der Waals surface area contributed by atoms with E-state index in [0.29, 0.717) is 11.1 Å². The normalized spacial score (nSPS) is 13.6. The largest absolute Gasteiger partial charge is 0.465 e. The predicted octanol–water partition coefficient (Wildman–Crippen LogP) is 3.81. The zero-order valence-electron chi connectivity index (χ0n) is 14.3. The van der Waals surface area contributed by atoms with E-state index in [0.717, 1.165) is 36.4 Å². The van der Waals surface area contributed by atoms with Gasteiger partial charge >= 0.3 is 5.97 Å². The Bertz CT molecular complexity index is 968. The van der Waals surface area contributed by atoms with Gasteiger partial charge in [0.1, 0.15) is 0 Å². The first-order valence-electron chi connectivity index (χ1n) is 8.39. The van der Waals surface area contributed by atoms with Crippen molar-refractivity contribution in [2.45, 2.75) is 19.8 Å². The van der Waals surface area contributed by atoms with Gasteiger partial charge < -0.3 is 9.64 Å². The number of methoxy groups -OCH3 is 1. The number of fused-ring (bicyclic) bond motifs is 2. The van der Waals surface area contributed by atoms with Crippen LogP contribution in [0.3, 0.4) is 0 Å². The summed E-state index contributed by atoms with van der Waals surface area (Å²) in [6.45, 7) is 2.89. The molecule has 1 aromatic heterocycles. The molecule has 0 radical (unpaired) electrons. The lowest BCUT2D eigenvalue weighted by atomic mass is 10.0. The van der Waals surface area contributed by atoms with E-state index >= 15 is 0 Å². The summed E-state index contributed by atoms with van der Waals surface area (Å²) in [5.74, 6) is 0.482. The summed E-state index contributed by atoms with van der Waals surface area (Å²) in [5.41, 5.74) is 5.37. The number of carbonyl (C=O) groups excluding carboxylic acids is 1. The van der Waals surface area contributed by atoms with Crippen LogP contribution in [-0.2, 0) is 11.2 Å². The van der Waals surface area contributed by atoms with Gasteiger partial charge in [-0.1, -0.05) is 18.2 Å². The third kappa shape index (κ3) is 2.71. The minimum absolute atomic E-state index is 0.367. The Labute approximate surface area is 146 Å². The number of carbonyl (C=O) groups is 1. The molecule has 126 valence electrons. The summed E-state index contributed by atoms with van der Waals surface area (Å²) in [5, 5.41) is 0. The van der Waals surface area contributed by atoms with Gasteiger partial charge in [-0.3, -0.25) is 0 Å². The zero-order valence-corrected chi connectivity index (χ0v) is 14.3. The van der Waals surface area contributed by atoms with Crippen LogP contribution >= 0.6 is 0 Å². The molecule has 3 aromatic rings. The number of aryl methyl sites for hydroxylation is 2. The molecule has 5 heteroatoms. The first-order chi connectivity index (χ1) is 12.2. The molecule has 0 amide bonds. The molecular weight excluding hydrogens is 314 g/mol. The van der Waals surface area contributed by atoms with Crippen molar-refractivity contribution in [3.63, 3.8) is 0 Å². The second-order valence-corrected chi connectivity index (χ2v) is 6.21. The van der Waals surface area contributed by atoms with E-state index < -0.39 is 0 Å². The fraction of sp³-hybridized carbons (Fsp3) is 0.250. The van der Waals surface area contributed by atoms with E-state index in [1.54, 1.807) is 12.1 Å². The number of hydrogen-bond donors (Lipinski definition) is 0. The lowest BCUT2D eigenvalue weighted by molar-refractivity contribution is 0.0601. The van der Waals surface area contributed by atoms with E-state index in [4.69, 9.17) is 14.7 Å². The van der Waals surface area contributed by atoms with Crippen LogP contribution in [0, 0.1) is 6.92 Å². The Hall–Kier alpha value is -2.95. The van der Waals surface area contributed by atoms with E-state index in [-0.39, 0.29) is 5.97 Å². The van der Waals surface area contributed by atoms with E-state index in [1.807, 2.05) is 13.0 Å². The number of ether oxygens (including phenoxy) is 1. The van der Waals surface area contributed by atoms with Gasteiger partial charge in [-0.2, -0.15) is 0 Å². The van der Waals surface area contributed by atoms with Gasteiger partial charge in [-0.05, 0) is 49.6 Å². The van der Waals surface area contributed by atoms with Crippen molar-refractivity contribution >= 4 is 28.5 Å². The Balaban J connectivity index is 1.85. The summed E-state index contributed by atoms with van der Waals surface area (Å²) in [4.78, 5) is 23.5. The molecule has 1 aliphatic rings. The second-order valence-electron chi connectivity index (χ2n) is 6.21. The maximum Gasteiger partial charge on any atom is 0.337 e. The summed E-state index contributed by atoms with van der Waals surface area (Å²) in [6, 6.07) is 13.7. The van der Waals surface area contributed by atoms with Crippen molar-refractivity contribution in [2.75, 3.05) is 18.6 Å². The van der Waals surface area contributed by atoms with Gasteiger partial charge in [0.25, 0.3) is 0 Å². The highest BCUT2D eigenvalue weighted by Crippen LogP contribution is 2.34. The standard InChI is InChI=1S/C20H19N3O2/c1-13-19(23-11-5-7-14-6-3-4-8-18(14)23)22-17-12-15(20(24)25-2)9-10-16(17)21-13/h3-4,6,8-10,12H,5,7,11H2,1-2H3. The molecule has 2 heterocycles. The summed E-state index contributed by atoms with van der Waals surface area (Å²) in [6.07, 6.45) is 2.16. The van der Waals surface area contributed by atoms with Crippen molar-refractivity contribution in [3.8, 4) is 0 Å². The Kier molecular flexibility index (Phi) is 3.84. The minimum atomic E-state index is -0.367. The Morgan fingerprint density at radius 1 is 1.12 bits per heavy atom. The predicted molar refractivity (Wildman–Crippen MR) is 97.4 cm³/mol. The van der Waals surface area contributed by atoms with Crippen molar-refractivity contribution in [3.05, 3.63) is 59.3 Å². The smallest absolute Gasteiger partial charge is 0.337 e. The Morgan fingerprint density at radius 3 is 2.80 bits per heavy atom. The topological polar surface area (TPSA) is 55.3 Å². The van der Waals surface area contributed by atoms with Crippen molar-refractivity contribution in [2.24, 2.45) is 0 Å². The molecule has 5 nitrogen and oxygen atoms in total. The summed E-state index contributed by atoms with van der Waals surface area (Å²) >= 11 is 0. The van der Waals surface area contributed by atoms with Crippen molar-refractivity contribution < 1.29 is 9.53 Å². The molecule has 0 unspecified atom stereocenters. The van der Waals surface area contributed by atoms with Gasteiger partial charge in [-0.15, -0.1) is 0 Å². The second kappa shape index (κ2) is 6.16. The van der Waals surface area contributed by atoms with Gasteiger partial charge in [0.15, 0.2) is 5.82 Å². The van der Waals surface area contributed by atoms with Gasteiger partial charge in [0.2, 0.25) is 0 Å². The van der Waals surface area contributed by atoms with Crippen molar-refractivity contribution in [1.29, 1.82) is 0 Å². The van der Waals surface area contributed by atoms with Gasteiger partial charge in [-0.25, -0.2) is 14.8 Å². The van der Waals surface area contributed by atoms with Crippen LogP contribution in [0.1, 0.15) is 28.0 Å². The Morgan fingerprint density at radius 2 is 1.96 bits per heavy atom. The molecule has 0 atom stereocenters. The first-order valence-corrected chi connectivity index (χ1v) is 8.39. The number of esters is 1.